The standard InChI is InChI=1S/C25H30FN3O3.BrH/c1-6-31-20-11-16-12-29(24(27)21(16)22(26)23(20)32-7-2)13-19(30)15-8-9-18-17(10-15)25(3,4)14-28(18)5;/h8-11,27H,6-7,12-14H2,1-5H3;1H. The number of halogens is 2. The second-order valence-corrected chi connectivity index (χ2v) is 9.02. The molecule has 0 spiro atoms. The third-order valence-corrected chi connectivity index (χ3v) is 6.20. The highest BCUT2D eigenvalue weighted by Gasteiger charge is 2.35. The number of hydrogen-bond acceptors (Lipinski definition) is 5. The Hall–Kier alpha value is -2.61. The van der Waals surface area contributed by atoms with Crippen molar-refractivity contribution in [3.63, 3.8) is 0 Å². The van der Waals surface area contributed by atoms with Gasteiger partial charge in [0.2, 0.25) is 0 Å². The molecular formula is C25H31BrFN3O3. The summed E-state index contributed by atoms with van der Waals surface area (Å²) in [6, 6.07) is 7.52. The van der Waals surface area contributed by atoms with Crippen molar-refractivity contribution >= 4 is 34.3 Å². The third kappa shape index (κ3) is 4.33. The molecule has 2 aliphatic rings. The fourth-order valence-electron chi connectivity index (χ4n) is 4.77. The number of rotatable bonds is 7. The van der Waals surface area contributed by atoms with Gasteiger partial charge in [-0.1, -0.05) is 13.8 Å². The molecule has 33 heavy (non-hydrogen) atoms. The number of amidine groups is 1. The first-order chi connectivity index (χ1) is 15.2. The highest BCUT2D eigenvalue weighted by molar-refractivity contribution is 8.93. The molecule has 178 valence electrons. The summed E-state index contributed by atoms with van der Waals surface area (Å²) >= 11 is 0. The number of nitrogens with one attached hydrogen (secondary N) is 1. The summed E-state index contributed by atoms with van der Waals surface area (Å²) in [5.41, 5.74) is 3.68. The summed E-state index contributed by atoms with van der Waals surface area (Å²) in [4.78, 5) is 16.9. The summed E-state index contributed by atoms with van der Waals surface area (Å²) in [6.07, 6.45) is 0. The van der Waals surface area contributed by atoms with E-state index in [1.165, 1.54) is 0 Å². The van der Waals surface area contributed by atoms with Gasteiger partial charge in [-0.15, -0.1) is 17.0 Å². The topological polar surface area (TPSA) is 65.9 Å². The predicted octanol–water partition coefficient (Wildman–Crippen LogP) is 4.95. The molecule has 2 aliphatic heterocycles. The van der Waals surface area contributed by atoms with Crippen LogP contribution in [0.25, 0.3) is 0 Å². The molecule has 0 atom stereocenters. The lowest BCUT2D eigenvalue weighted by molar-refractivity contribution is 0.0962. The molecule has 0 bridgehead atoms. The van der Waals surface area contributed by atoms with Gasteiger partial charge in [0.15, 0.2) is 23.1 Å². The van der Waals surface area contributed by atoms with Crippen LogP contribution in [0.2, 0.25) is 0 Å². The van der Waals surface area contributed by atoms with Crippen molar-refractivity contribution in [1.29, 1.82) is 5.41 Å². The minimum atomic E-state index is -0.602. The average Bonchev–Trinajstić information content (AvgIpc) is 3.17. The quantitative estimate of drug-likeness (QED) is 0.524. The first kappa shape index (κ1) is 25.0. The van der Waals surface area contributed by atoms with Crippen LogP contribution in [0, 0.1) is 11.2 Å². The van der Waals surface area contributed by atoms with Gasteiger partial charge in [0.25, 0.3) is 0 Å². The van der Waals surface area contributed by atoms with Crippen LogP contribution >= 0.6 is 17.0 Å². The van der Waals surface area contributed by atoms with Gasteiger partial charge >= 0.3 is 0 Å². The van der Waals surface area contributed by atoms with E-state index < -0.39 is 5.82 Å². The lowest BCUT2D eigenvalue weighted by Gasteiger charge is -2.19. The Bertz CT molecular complexity index is 1100. The van der Waals surface area contributed by atoms with E-state index in [-0.39, 0.29) is 65.0 Å². The lowest BCUT2D eigenvalue weighted by Crippen LogP contribution is -2.30. The van der Waals surface area contributed by atoms with Crippen molar-refractivity contribution in [3.8, 4) is 11.5 Å². The van der Waals surface area contributed by atoms with Crippen LogP contribution in [0.1, 0.15) is 54.7 Å². The molecule has 0 aromatic heterocycles. The van der Waals surface area contributed by atoms with E-state index in [1.807, 2.05) is 25.1 Å². The van der Waals surface area contributed by atoms with Gasteiger partial charge < -0.3 is 19.3 Å². The van der Waals surface area contributed by atoms with Gasteiger partial charge in [0.1, 0.15) is 5.84 Å². The average molecular weight is 520 g/mol. The largest absolute Gasteiger partial charge is 0.490 e. The second kappa shape index (κ2) is 9.33. The van der Waals surface area contributed by atoms with Gasteiger partial charge in [-0.2, -0.15) is 0 Å². The molecule has 0 saturated heterocycles. The van der Waals surface area contributed by atoms with E-state index in [0.29, 0.717) is 23.5 Å². The smallest absolute Gasteiger partial charge is 0.197 e. The molecule has 2 aromatic rings. The van der Waals surface area contributed by atoms with Crippen LogP contribution in [-0.2, 0) is 12.0 Å². The molecule has 0 aliphatic carbocycles. The molecule has 2 heterocycles. The second-order valence-electron chi connectivity index (χ2n) is 9.02. The molecule has 0 saturated carbocycles. The zero-order valence-corrected chi connectivity index (χ0v) is 21.5. The fraction of sp³-hybridized carbons (Fsp3) is 0.440. The van der Waals surface area contributed by atoms with Crippen LogP contribution in [0.3, 0.4) is 0 Å². The lowest BCUT2D eigenvalue weighted by atomic mass is 9.86. The number of Topliss-reactive ketones (excluding diaryl/α,β-unsaturated/α-hetero) is 1. The minimum Gasteiger partial charge on any atom is -0.490 e. The van der Waals surface area contributed by atoms with Crippen molar-refractivity contribution < 1.29 is 18.7 Å². The van der Waals surface area contributed by atoms with Gasteiger partial charge in [-0.3, -0.25) is 10.2 Å². The van der Waals surface area contributed by atoms with Crippen LogP contribution in [0.5, 0.6) is 11.5 Å². The summed E-state index contributed by atoms with van der Waals surface area (Å²) in [5.74, 6) is -0.343. The fourth-order valence-corrected chi connectivity index (χ4v) is 4.77. The number of benzene rings is 2. The van der Waals surface area contributed by atoms with Gasteiger partial charge in [0.05, 0.1) is 25.3 Å². The number of ketones is 1. The molecule has 0 unspecified atom stereocenters. The Balaban J connectivity index is 0.00000306. The maximum atomic E-state index is 15.2. The van der Waals surface area contributed by atoms with Gasteiger partial charge in [-0.05, 0) is 49.2 Å². The molecule has 0 fully saturated rings. The molecule has 6 nitrogen and oxygen atoms in total. The van der Waals surface area contributed by atoms with Gasteiger partial charge in [-0.25, -0.2) is 4.39 Å². The van der Waals surface area contributed by atoms with Crippen LogP contribution < -0.4 is 14.4 Å². The first-order valence-corrected chi connectivity index (χ1v) is 11.0. The Morgan fingerprint density at radius 1 is 1.18 bits per heavy atom. The SMILES string of the molecule is Br.CCOc1cc2c(c(F)c1OCC)C(=N)N(CC(=O)c1ccc3c(c1)C(C)(C)CN3C)C2. The Labute approximate surface area is 204 Å². The molecular weight excluding hydrogens is 489 g/mol. The van der Waals surface area contributed by atoms with E-state index >= 15 is 4.39 Å². The summed E-state index contributed by atoms with van der Waals surface area (Å²) in [6.45, 7) is 9.79. The Morgan fingerprint density at radius 2 is 1.88 bits per heavy atom. The predicted molar refractivity (Wildman–Crippen MR) is 133 cm³/mol. The zero-order valence-electron chi connectivity index (χ0n) is 19.8. The maximum Gasteiger partial charge on any atom is 0.197 e. The zero-order chi connectivity index (χ0) is 23.2. The van der Waals surface area contributed by atoms with E-state index in [1.54, 1.807) is 17.9 Å². The summed E-state index contributed by atoms with van der Waals surface area (Å²) < 4.78 is 26.3. The summed E-state index contributed by atoms with van der Waals surface area (Å²) in [7, 11) is 2.05. The Kier molecular flexibility index (Phi) is 7.07. The highest BCUT2D eigenvalue weighted by atomic mass is 79.9. The van der Waals surface area contributed by atoms with Crippen LogP contribution in [0.15, 0.2) is 24.3 Å². The number of carbonyl (C=O) groups excluding carboxylic acids is 1. The van der Waals surface area contributed by atoms with Crippen molar-refractivity contribution in [2.24, 2.45) is 0 Å². The van der Waals surface area contributed by atoms with Crippen molar-refractivity contribution in [1.82, 2.24) is 4.90 Å². The van der Waals surface area contributed by atoms with Crippen molar-refractivity contribution in [2.75, 3.05) is 38.3 Å². The number of nitrogens with zero attached hydrogens (tertiary/aromatic N) is 2. The van der Waals surface area contributed by atoms with E-state index in [0.717, 1.165) is 17.8 Å². The molecule has 0 amide bonds. The minimum absolute atomic E-state index is 0. The number of anilines is 1. The monoisotopic (exact) mass is 519 g/mol. The molecule has 0 radical (unpaired) electrons. The highest BCUT2D eigenvalue weighted by Crippen LogP contribution is 2.41. The number of fused-ring (bicyclic) bond motifs is 2. The van der Waals surface area contributed by atoms with Crippen molar-refractivity contribution in [3.05, 3.63) is 52.3 Å². The summed E-state index contributed by atoms with van der Waals surface area (Å²) in [5, 5.41) is 8.53. The van der Waals surface area contributed by atoms with Crippen LogP contribution in [0.4, 0.5) is 10.1 Å². The Morgan fingerprint density at radius 3 is 2.55 bits per heavy atom. The number of likely N-dealkylation sites (N-methyl/N-ethyl adjacent to an activating group) is 1. The normalized spacial score (nSPS) is 15.8. The number of hydrogen-bond donors (Lipinski definition) is 1. The van der Waals surface area contributed by atoms with Gasteiger partial charge in [0, 0.05) is 36.8 Å². The van der Waals surface area contributed by atoms with Crippen LogP contribution in [-0.4, -0.2) is 49.9 Å². The molecule has 8 heteroatoms. The van der Waals surface area contributed by atoms with Crippen molar-refractivity contribution in [2.45, 2.75) is 39.7 Å². The molecule has 2 aromatic carbocycles. The van der Waals surface area contributed by atoms with E-state index in [4.69, 9.17) is 14.9 Å². The number of ether oxygens (including phenoxy) is 2. The van der Waals surface area contributed by atoms with E-state index in [9.17, 15) is 4.79 Å². The maximum absolute atomic E-state index is 15.2. The molecule has 4 rings (SSSR count). The molecule has 1 N–H and O–H groups in total. The van der Waals surface area contributed by atoms with E-state index in [2.05, 4.69) is 25.8 Å². The third-order valence-electron chi connectivity index (χ3n) is 6.20. The first-order valence-electron chi connectivity index (χ1n) is 11.0. The number of carbonyl (C=O) groups is 1.